The quantitative estimate of drug-likeness (QED) is 0.310. The zero-order valence-electron chi connectivity index (χ0n) is 20.7. The fourth-order valence-corrected chi connectivity index (χ4v) is 5.10. The minimum Gasteiger partial charge on any atom is -0.469 e. The van der Waals surface area contributed by atoms with Gasteiger partial charge in [0.25, 0.3) is 5.91 Å². The van der Waals surface area contributed by atoms with E-state index in [0.29, 0.717) is 5.82 Å². The van der Waals surface area contributed by atoms with Crippen molar-refractivity contribution >= 4 is 33.5 Å². The van der Waals surface area contributed by atoms with Gasteiger partial charge in [0.1, 0.15) is 17.5 Å². The van der Waals surface area contributed by atoms with Crippen molar-refractivity contribution in [3.63, 3.8) is 0 Å². The monoisotopic (exact) mass is 528 g/mol. The molecule has 37 heavy (non-hydrogen) atoms. The normalized spacial score (nSPS) is 18.4. The summed E-state index contributed by atoms with van der Waals surface area (Å²) < 4.78 is 34.8. The first kappa shape index (κ1) is 26.3. The molecule has 12 nitrogen and oxygen atoms in total. The van der Waals surface area contributed by atoms with Gasteiger partial charge in [-0.2, -0.15) is 5.10 Å². The Labute approximate surface area is 213 Å². The van der Waals surface area contributed by atoms with Crippen molar-refractivity contribution in [1.29, 1.82) is 0 Å². The van der Waals surface area contributed by atoms with E-state index < -0.39 is 33.7 Å². The van der Waals surface area contributed by atoms with E-state index in [4.69, 9.17) is 4.74 Å². The number of benzene rings is 1. The van der Waals surface area contributed by atoms with Crippen molar-refractivity contribution in [1.82, 2.24) is 19.9 Å². The highest BCUT2D eigenvalue weighted by Crippen LogP contribution is 2.39. The molecule has 5 N–H and O–H groups in total. The smallest absolute Gasteiger partial charge is 0.258 e. The maximum absolute atomic E-state index is 13.2. The first-order valence-electron chi connectivity index (χ1n) is 11.5. The number of aryl methyl sites for hydroxylation is 1. The van der Waals surface area contributed by atoms with E-state index in [1.165, 1.54) is 37.4 Å². The van der Waals surface area contributed by atoms with Gasteiger partial charge in [-0.3, -0.25) is 14.7 Å². The molecule has 0 saturated heterocycles. The van der Waals surface area contributed by atoms with Gasteiger partial charge in [0, 0.05) is 24.8 Å². The van der Waals surface area contributed by atoms with Gasteiger partial charge in [-0.15, -0.1) is 0 Å². The van der Waals surface area contributed by atoms with Crippen LogP contribution in [0.5, 0.6) is 5.88 Å². The molecule has 0 saturated carbocycles. The molecule has 0 radical (unpaired) electrons. The predicted octanol–water partition coefficient (Wildman–Crippen LogP) is 2.13. The Bertz CT molecular complexity index is 1430. The van der Waals surface area contributed by atoms with Crippen molar-refractivity contribution in [2.45, 2.75) is 56.8 Å². The average molecular weight is 529 g/mol. The molecule has 0 bridgehead atoms. The molecule has 0 fully saturated rings. The summed E-state index contributed by atoms with van der Waals surface area (Å²) in [5.74, 6) is -0.360. The lowest BCUT2D eigenvalue weighted by atomic mass is 9.88. The van der Waals surface area contributed by atoms with Crippen LogP contribution >= 0.6 is 0 Å². The largest absolute Gasteiger partial charge is 0.469 e. The molecule has 13 heteroatoms. The summed E-state index contributed by atoms with van der Waals surface area (Å²) in [6.45, 7) is 6.53. The van der Waals surface area contributed by atoms with E-state index in [9.17, 15) is 23.1 Å². The number of pyridine rings is 1. The van der Waals surface area contributed by atoms with E-state index in [1.54, 1.807) is 26.0 Å². The third-order valence-electron chi connectivity index (χ3n) is 5.92. The number of sulfonamides is 1. The van der Waals surface area contributed by atoms with Crippen LogP contribution in [0.15, 0.2) is 47.5 Å². The summed E-state index contributed by atoms with van der Waals surface area (Å²) >= 11 is 0. The Kier molecular flexibility index (Phi) is 7.04. The fraction of sp³-hybridized carbons (Fsp3) is 0.333. The molecule has 0 unspecified atom stereocenters. The lowest BCUT2D eigenvalue weighted by molar-refractivity contribution is -0.114. The second-order valence-corrected chi connectivity index (χ2v) is 10.9. The number of aromatic amines is 1. The first-order chi connectivity index (χ1) is 17.4. The van der Waals surface area contributed by atoms with Crippen LogP contribution in [0.1, 0.15) is 55.2 Å². The number of amides is 2. The van der Waals surface area contributed by atoms with E-state index in [1.807, 2.05) is 6.92 Å². The molecule has 3 heterocycles. The highest BCUT2D eigenvalue weighted by atomic mass is 32.2. The molecular weight excluding hydrogens is 500 g/mol. The van der Waals surface area contributed by atoms with Crippen molar-refractivity contribution < 1.29 is 27.9 Å². The Morgan fingerprint density at radius 1 is 1.16 bits per heavy atom. The number of hydrogen-bond donors (Lipinski definition) is 5. The van der Waals surface area contributed by atoms with Crippen LogP contribution in [0.3, 0.4) is 0 Å². The van der Waals surface area contributed by atoms with E-state index in [0.717, 1.165) is 12.0 Å². The standard InChI is InChI=1S/C24H28N6O6S/c1-5-14-6-8-16(9-7-14)37(34,35)30-20-17-10-15(12-25-23(17)36-24(3,4)21(20)32)22(33)27-19-11-18(28-29-19)26-13(2)31/h6-12,20-21,30,32H,5H2,1-4H3,(H3,26,27,28,29,31,33)/t20-,21+/m1/s1. The van der Waals surface area contributed by atoms with E-state index in [-0.39, 0.29) is 33.6 Å². The van der Waals surface area contributed by atoms with Crippen LogP contribution in [-0.4, -0.2) is 52.2 Å². The number of aliphatic hydroxyl groups excluding tert-OH is 1. The molecule has 1 aliphatic heterocycles. The summed E-state index contributed by atoms with van der Waals surface area (Å²) in [6, 6.07) is 8.14. The number of carbonyl (C=O) groups is 2. The molecule has 2 atom stereocenters. The zero-order chi connectivity index (χ0) is 27.0. The molecule has 3 aromatic rings. The van der Waals surface area contributed by atoms with Crippen molar-refractivity contribution in [3.05, 3.63) is 59.3 Å². The fourth-order valence-electron chi connectivity index (χ4n) is 3.88. The summed E-state index contributed by atoms with van der Waals surface area (Å²) in [7, 11) is -4.04. The molecule has 2 aromatic heterocycles. The number of fused-ring (bicyclic) bond motifs is 1. The Morgan fingerprint density at radius 3 is 2.51 bits per heavy atom. The third-order valence-corrected chi connectivity index (χ3v) is 7.38. The number of aliphatic hydroxyl groups is 1. The number of nitrogens with one attached hydrogen (secondary N) is 4. The number of hydrogen-bond acceptors (Lipinski definition) is 8. The maximum atomic E-state index is 13.2. The van der Waals surface area contributed by atoms with Gasteiger partial charge in [-0.25, -0.2) is 18.1 Å². The number of rotatable bonds is 7. The molecule has 0 spiro atoms. The molecule has 2 amide bonds. The van der Waals surface area contributed by atoms with Crippen molar-refractivity contribution in [2.75, 3.05) is 10.6 Å². The molecule has 196 valence electrons. The molecule has 1 aliphatic rings. The number of ether oxygens (including phenoxy) is 1. The van der Waals surface area contributed by atoms with Gasteiger partial charge in [-0.05, 0) is 44.0 Å². The van der Waals surface area contributed by atoms with Crippen molar-refractivity contribution in [3.8, 4) is 5.88 Å². The number of aromatic nitrogens is 3. The molecular formula is C24H28N6O6S. The first-order valence-corrected chi connectivity index (χ1v) is 13.0. The van der Waals surface area contributed by atoms with Gasteiger partial charge in [0.05, 0.1) is 16.5 Å². The number of H-pyrrole nitrogens is 1. The molecule has 1 aromatic carbocycles. The van der Waals surface area contributed by atoms with Gasteiger partial charge in [0.15, 0.2) is 5.82 Å². The predicted molar refractivity (Wildman–Crippen MR) is 135 cm³/mol. The SMILES string of the molecule is CCc1ccc(S(=O)(=O)N[C@@H]2c3cc(C(=O)Nc4cc(NC(C)=O)[nH]n4)cnc3OC(C)(C)[C@H]2O)cc1. The topological polar surface area (TPSA) is 175 Å². The highest BCUT2D eigenvalue weighted by molar-refractivity contribution is 7.89. The van der Waals surface area contributed by atoms with Crippen LogP contribution in [0.4, 0.5) is 11.6 Å². The van der Waals surface area contributed by atoms with E-state index >= 15 is 0 Å². The average Bonchev–Trinajstić information content (AvgIpc) is 3.27. The van der Waals surface area contributed by atoms with Crippen LogP contribution in [0.25, 0.3) is 0 Å². The highest BCUT2D eigenvalue weighted by Gasteiger charge is 2.45. The van der Waals surface area contributed by atoms with Crippen LogP contribution in [0.2, 0.25) is 0 Å². The summed E-state index contributed by atoms with van der Waals surface area (Å²) in [6.07, 6.45) is 0.742. The minimum absolute atomic E-state index is 0.0399. The van der Waals surface area contributed by atoms with E-state index in [2.05, 4.69) is 30.5 Å². The van der Waals surface area contributed by atoms with Gasteiger partial charge < -0.3 is 20.5 Å². The van der Waals surface area contributed by atoms with Crippen molar-refractivity contribution in [2.24, 2.45) is 0 Å². The summed E-state index contributed by atoms with van der Waals surface area (Å²) in [5.41, 5.74) is 0.0968. The zero-order valence-corrected chi connectivity index (χ0v) is 21.5. The Morgan fingerprint density at radius 2 is 1.86 bits per heavy atom. The summed E-state index contributed by atoms with van der Waals surface area (Å²) in [4.78, 5) is 28.3. The Hall–Kier alpha value is -3.81. The lowest BCUT2D eigenvalue weighted by Crippen LogP contribution is -2.53. The van der Waals surface area contributed by atoms with Crippen LogP contribution < -0.4 is 20.1 Å². The number of anilines is 2. The summed E-state index contributed by atoms with van der Waals surface area (Å²) in [5, 5.41) is 22.6. The maximum Gasteiger partial charge on any atom is 0.258 e. The van der Waals surface area contributed by atoms with Gasteiger partial charge in [0.2, 0.25) is 21.8 Å². The van der Waals surface area contributed by atoms with Crippen LogP contribution in [-0.2, 0) is 21.2 Å². The minimum atomic E-state index is -4.04. The van der Waals surface area contributed by atoms with Gasteiger partial charge >= 0.3 is 0 Å². The molecule has 0 aliphatic carbocycles. The third kappa shape index (κ3) is 5.63. The second-order valence-electron chi connectivity index (χ2n) is 9.17. The number of carbonyl (C=O) groups excluding carboxylic acids is 2. The lowest BCUT2D eigenvalue weighted by Gasteiger charge is -2.41. The number of nitrogens with zero attached hydrogens (tertiary/aromatic N) is 2. The second kappa shape index (κ2) is 9.92. The Balaban J connectivity index is 1.63. The van der Waals surface area contributed by atoms with Crippen LogP contribution in [0, 0.1) is 0 Å². The molecule has 4 rings (SSSR count). The van der Waals surface area contributed by atoms with Gasteiger partial charge in [-0.1, -0.05) is 19.1 Å².